The van der Waals surface area contributed by atoms with Crippen LogP contribution >= 0.6 is 0 Å². The molecule has 6 heteroatoms. The molecule has 34 heavy (non-hydrogen) atoms. The van der Waals surface area contributed by atoms with Crippen molar-refractivity contribution in [3.05, 3.63) is 101 Å². The molecule has 2 atom stereocenters. The Morgan fingerprint density at radius 2 is 1.68 bits per heavy atom. The summed E-state index contributed by atoms with van der Waals surface area (Å²) in [6.07, 6.45) is 0.609. The van der Waals surface area contributed by atoms with Gasteiger partial charge >= 0.3 is 6.03 Å². The maximum Gasteiger partial charge on any atom is 0.321 e. The monoisotopic (exact) mass is 459 g/mol. The minimum absolute atomic E-state index is 0.00453. The number of aryl methyl sites for hydroxylation is 1. The average molecular weight is 460 g/mol. The van der Waals surface area contributed by atoms with Crippen molar-refractivity contribution in [1.82, 2.24) is 9.80 Å². The summed E-state index contributed by atoms with van der Waals surface area (Å²) < 4.78 is 13.9. The molecule has 176 valence electrons. The number of amides is 3. The Hall–Kier alpha value is -3.67. The van der Waals surface area contributed by atoms with Gasteiger partial charge in [0, 0.05) is 38.3 Å². The van der Waals surface area contributed by atoms with Crippen LogP contribution in [0.15, 0.2) is 78.9 Å². The quantitative estimate of drug-likeness (QED) is 0.553. The third kappa shape index (κ3) is 5.63. The van der Waals surface area contributed by atoms with E-state index in [1.54, 1.807) is 29.8 Å². The molecule has 2 unspecified atom stereocenters. The number of para-hydroxylation sites is 1. The fourth-order valence-electron chi connectivity index (χ4n) is 4.58. The zero-order chi connectivity index (χ0) is 24.1. The standard InChI is InChI=1S/C28H30FN3O2/c1-20-15-22(13-14-26(20)29)23-16-24(27(33)31(2)17-21-9-5-3-6-10-21)19-32(18-23)28(34)30-25-11-7-4-8-12-25/h3-15,23-24H,16-19H2,1-2H3,(H,30,34). The molecule has 1 heterocycles. The topological polar surface area (TPSA) is 52.7 Å². The molecule has 3 aromatic carbocycles. The fourth-order valence-corrected chi connectivity index (χ4v) is 4.58. The molecule has 0 aromatic heterocycles. The molecule has 0 radical (unpaired) electrons. The summed E-state index contributed by atoms with van der Waals surface area (Å²) >= 11 is 0. The Balaban J connectivity index is 1.55. The van der Waals surface area contributed by atoms with E-state index in [1.807, 2.05) is 66.7 Å². The number of rotatable bonds is 5. The Morgan fingerprint density at radius 3 is 2.35 bits per heavy atom. The number of benzene rings is 3. The van der Waals surface area contributed by atoms with Crippen molar-refractivity contribution in [2.24, 2.45) is 5.92 Å². The maximum absolute atomic E-state index is 13.9. The van der Waals surface area contributed by atoms with Crippen molar-refractivity contribution in [1.29, 1.82) is 0 Å². The molecule has 3 aromatic rings. The Bertz CT molecular complexity index is 1140. The van der Waals surface area contributed by atoms with Crippen LogP contribution in [-0.2, 0) is 11.3 Å². The molecule has 1 saturated heterocycles. The van der Waals surface area contributed by atoms with Gasteiger partial charge in [-0.25, -0.2) is 9.18 Å². The van der Waals surface area contributed by atoms with E-state index in [0.717, 1.165) is 11.1 Å². The van der Waals surface area contributed by atoms with Crippen LogP contribution in [-0.4, -0.2) is 41.9 Å². The van der Waals surface area contributed by atoms with Gasteiger partial charge in [-0.05, 0) is 48.2 Å². The maximum atomic E-state index is 13.9. The van der Waals surface area contributed by atoms with Crippen molar-refractivity contribution in [2.75, 3.05) is 25.5 Å². The first-order valence-electron chi connectivity index (χ1n) is 11.6. The number of urea groups is 1. The second kappa shape index (κ2) is 10.5. The van der Waals surface area contributed by atoms with Gasteiger partial charge in [0.15, 0.2) is 0 Å². The first-order valence-corrected chi connectivity index (χ1v) is 11.6. The van der Waals surface area contributed by atoms with Crippen molar-refractivity contribution in [2.45, 2.75) is 25.8 Å². The van der Waals surface area contributed by atoms with E-state index in [2.05, 4.69) is 5.32 Å². The van der Waals surface area contributed by atoms with Gasteiger partial charge in [0.2, 0.25) is 5.91 Å². The molecular weight excluding hydrogens is 429 g/mol. The van der Waals surface area contributed by atoms with Crippen LogP contribution in [0.3, 0.4) is 0 Å². The molecular formula is C28H30FN3O2. The minimum Gasteiger partial charge on any atom is -0.341 e. The van der Waals surface area contributed by atoms with Gasteiger partial charge in [-0.1, -0.05) is 60.7 Å². The van der Waals surface area contributed by atoms with E-state index in [1.165, 1.54) is 6.07 Å². The highest BCUT2D eigenvalue weighted by atomic mass is 19.1. The van der Waals surface area contributed by atoms with E-state index in [-0.39, 0.29) is 29.6 Å². The van der Waals surface area contributed by atoms with Crippen LogP contribution in [0.5, 0.6) is 0 Å². The Morgan fingerprint density at radius 1 is 1.00 bits per heavy atom. The molecule has 0 aliphatic carbocycles. The van der Waals surface area contributed by atoms with E-state index in [9.17, 15) is 14.0 Å². The number of piperidine rings is 1. The number of anilines is 1. The smallest absolute Gasteiger partial charge is 0.321 e. The highest BCUT2D eigenvalue weighted by Crippen LogP contribution is 2.32. The lowest BCUT2D eigenvalue weighted by Gasteiger charge is -2.38. The van der Waals surface area contributed by atoms with E-state index in [4.69, 9.17) is 0 Å². The summed E-state index contributed by atoms with van der Waals surface area (Å²) in [5.41, 5.74) is 3.27. The average Bonchev–Trinajstić information content (AvgIpc) is 2.86. The lowest BCUT2D eigenvalue weighted by atomic mass is 9.83. The zero-order valence-corrected chi connectivity index (χ0v) is 19.6. The molecule has 4 rings (SSSR count). The largest absolute Gasteiger partial charge is 0.341 e. The second-order valence-electron chi connectivity index (χ2n) is 9.02. The van der Waals surface area contributed by atoms with Gasteiger partial charge in [-0.3, -0.25) is 4.79 Å². The van der Waals surface area contributed by atoms with Gasteiger partial charge in [0.1, 0.15) is 5.82 Å². The lowest BCUT2D eigenvalue weighted by molar-refractivity contribution is -0.136. The highest BCUT2D eigenvalue weighted by Gasteiger charge is 2.36. The third-order valence-corrected chi connectivity index (χ3v) is 6.40. The van der Waals surface area contributed by atoms with Gasteiger partial charge in [-0.15, -0.1) is 0 Å². The van der Waals surface area contributed by atoms with E-state index in [0.29, 0.717) is 37.3 Å². The van der Waals surface area contributed by atoms with Crippen LogP contribution in [0.2, 0.25) is 0 Å². The summed E-state index contributed by atoms with van der Waals surface area (Å²) in [5, 5.41) is 2.93. The number of halogens is 1. The molecule has 3 amide bonds. The Kier molecular flexibility index (Phi) is 7.26. The van der Waals surface area contributed by atoms with Gasteiger partial charge in [-0.2, -0.15) is 0 Å². The normalized spacial score (nSPS) is 17.8. The van der Waals surface area contributed by atoms with Crippen LogP contribution in [0.4, 0.5) is 14.9 Å². The molecule has 0 saturated carbocycles. The van der Waals surface area contributed by atoms with Crippen LogP contribution in [0.25, 0.3) is 0 Å². The first-order chi connectivity index (χ1) is 16.4. The van der Waals surface area contributed by atoms with Crippen molar-refractivity contribution in [3.63, 3.8) is 0 Å². The van der Waals surface area contributed by atoms with Crippen LogP contribution < -0.4 is 5.32 Å². The van der Waals surface area contributed by atoms with E-state index < -0.39 is 0 Å². The second-order valence-corrected chi connectivity index (χ2v) is 9.02. The molecule has 1 aliphatic rings. The Labute approximate surface area is 200 Å². The predicted octanol–water partition coefficient (Wildman–Crippen LogP) is 5.43. The van der Waals surface area contributed by atoms with Crippen molar-refractivity contribution < 1.29 is 14.0 Å². The number of carbonyl (C=O) groups is 2. The number of likely N-dealkylation sites (tertiary alicyclic amines) is 1. The molecule has 1 fully saturated rings. The molecule has 0 spiro atoms. The van der Waals surface area contributed by atoms with Gasteiger partial charge < -0.3 is 15.1 Å². The SMILES string of the molecule is Cc1cc(C2CC(C(=O)N(C)Cc3ccccc3)CN(C(=O)Nc3ccccc3)C2)ccc1F. The lowest BCUT2D eigenvalue weighted by Crippen LogP contribution is -2.49. The number of carbonyl (C=O) groups excluding carboxylic acids is 2. The number of nitrogens with one attached hydrogen (secondary N) is 1. The zero-order valence-electron chi connectivity index (χ0n) is 19.6. The summed E-state index contributed by atoms with van der Waals surface area (Å²) in [5.74, 6) is -0.661. The first kappa shape index (κ1) is 23.5. The van der Waals surface area contributed by atoms with Crippen molar-refractivity contribution in [3.8, 4) is 0 Å². The molecule has 5 nitrogen and oxygen atoms in total. The summed E-state index contributed by atoms with van der Waals surface area (Å²) in [6.45, 7) is 3.05. The van der Waals surface area contributed by atoms with Crippen molar-refractivity contribution >= 4 is 17.6 Å². The summed E-state index contributed by atoms with van der Waals surface area (Å²) in [7, 11) is 1.80. The number of hydrogen-bond acceptors (Lipinski definition) is 2. The van der Waals surface area contributed by atoms with E-state index >= 15 is 0 Å². The third-order valence-electron chi connectivity index (χ3n) is 6.40. The number of hydrogen-bond donors (Lipinski definition) is 1. The summed E-state index contributed by atoms with van der Waals surface area (Å²) in [6, 6.07) is 23.9. The van der Waals surface area contributed by atoms with Crippen LogP contribution in [0, 0.1) is 18.7 Å². The highest BCUT2D eigenvalue weighted by molar-refractivity contribution is 5.90. The fraction of sp³-hybridized carbons (Fsp3) is 0.286. The molecule has 1 N–H and O–H groups in total. The molecule has 1 aliphatic heterocycles. The molecule has 0 bridgehead atoms. The minimum atomic E-state index is -0.348. The van der Waals surface area contributed by atoms with Gasteiger partial charge in [0.25, 0.3) is 0 Å². The number of nitrogens with zero attached hydrogens (tertiary/aromatic N) is 2. The van der Waals surface area contributed by atoms with Crippen LogP contribution in [0.1, 0.15) is 29.0 Å². The predicted molar refractivity (Wildman–Crippen MR) is 132 cm³/mol. The van der Waals surface area contributed by atoms with Gasteiger partial charge in [0.05, 0.1) is 5.92 Å². The summed E-state index contributed by atoms with van der Waals surface area (Å²) in [4.78, 5) is 30.0.